The minimum Gasteiger partial charge on any atom is -0.339 e. The number of hydrogen-bond acceptors (Lipinski definition) is 4. The standard InChI is InChI=1S/C13H14BrN3O/c14-11-3-1-2-9(6-11)7-12-16-13(17-18-12)10-4-5-15-8-10/h1-3,6,10,15H,4-5,7-8H2. The average molecular weight is 308 g/mol. The third kappa shape index (κ3) is 2.62. The van der Waals surface area contributed by atoms with Crippen LogP contribution in [0.5, 0.6) is 0 Å². The minimum absolute atomic E-state index is 0.407. The van der Waals surface area contributed by atoms with Gasteiger partial charge < -0.3 is 9.84 Å². The van der Waals surface area contributed by atoms with Crippen molar-refractivity contribution in [2.24, 2.45) is 0 Å². The van der Waals surface area contributed by atoms with Crippen molar-refractivity contribution in [3.05, 3.63) is 46.0 Å². The quantitative estimate of drug-likeness (QED) is 0.946. The molecule has 4 nitrogen and oxygen atoms in total. The number of nitrogens with zero attached hydrogens (tertiary/aromatic N) is 2. The second kappa shape index (κ2) is 5.20. The fourth-order valence-electron chi connectivity index (χ4n) is 2.20. The topological polar surface area (TPSA) is 51.0 Å². The summed E-state index contributed by atoms with van der Waals surface area (Å²) in [7, 11) is 0. The van der Waals surface area contributed by atoms with Crippen LogP contribution in [0, 0.1) is 0 Å². The first-order valence-corrected chi connectivity index (χ1v) is 6.88. The van der Waals surface area contributed by atoms with E-state index in [4.69, 9.17) is 4.52 Å². The summed E-state index contributed by atoms with van der Waals surface area (Å²) >= 11 is 3.46. The van der Waals surface area contributed by atoms with Gasteiger partial charge in [-0.1, -0.05) is 33.2 Å². The van der Waals surface area contributed by atoms with Crippen LogP contribution in [-0.4, -0.2) is 23.2 Å². The van der Waals surface area contributed by atoms with Gasteiger partial charge >= 0.3 is 0 Å². The van der Waals surface area contributed by atoms with Gasteiger partial charge in [0.25, 0.3) is 0 Å². The van der Waals surface area contributed by atoms with Crippen LogP contribution in [0.3, 0.4) is 0 Å². The summed E-state index contributed by atoms with van der Waals surface area (Å²) in [6.45, 7) is 2.00. The Morgan fingerprint density at radius 1 is 1.44 bits per heavy atom. The number of nitrogens with one attached hydrogen (secondary N) is 1. The third-order valence-corrected chi connectivity index (χ3v) is 3.65. The minimum atomic E-state index is 0.407. The number of hydrogen-bond donors (Lipinski definition) is 1. The third-order valence-electron chi connectivity index (χ3n) is 3.15. The monoisotopic (exact) mass is 307 g/mol. The van der Waals surface area contributed by atoms with Crippen molar-refractivity contribution in [1.29, 1.82) is 0 Å². The van der Waals surface area contributed by atoms with E-state index in [-0.39, 0.29) is 0 Å². The highest BCUT2D eigenvalue weighted by Crippen LogP contribution is 2.20. The van der Waals surface area contributed by atoms with E-state index in [0.29, 0.717) is 18.2 Å². The smallest absolute Gasteiger partial charge is 0.231 e. The van der Waals surface area contributed by atoms with E-state index in [1.54, 1.807) is 0 Å². The van der Waals surface area contributed by atoms with Crippen LogP contribution in [0.4, 0.5) is 0 Å². The Bertz CT molecular complexity index is 535. The number of halogens is 1. The molecule has 1 aliphatic rings. The Hall–Kier alpha value is -1.20. The van der Waals surface area contributed by atoms with E-state index < -0.39 is 0 Å². The maximum Gasteiger partial charge on any atom is 0.231 e. The van der Waals surface area contributed by atoms with Gasteiger partial charge in [-0.2, -0.15) is 4.98 Å². The summed E-state index contributed by atoms with van der Waals surface area (Å²) < 4.78 is 6.39. The SMILES string of the molecule is Brc1cccc(Cc2nc(C3CCNC3)no2)c1. The maximum atomic E-state index is 5.32. The van der Waals surface area contributed by atoms with Crippen molar-refractivity contribution in [2.75, 3.05) is 13.1 Å². The molecule has 5 heteroatoms. The van der Waals surface area contributed by atoms with Crippen LogP contribution < -0.4 is 5.32 Å². The number of rotatable bonds is 3. The van der Waals surface area contributed by atoms with Gasteiger partial charge in [0.1, 0.15) is 0 Å². The molecule has 3 rings (SSSR count). The molecule has 1 aliphatic heterocycles. The normalized spacial score (nSPS) is 19.3. The van der Waals surface area contributed by atoms with E-state index in [9.17, 15) is 0 Å². The lowest BCUT2D eigenvalue weighted by atomic mass is 10.1. The first-order valence-electron chi connectivity index (χ1n) is 6.09. The molecule has 2 aromatic rings. The maximum absolute atomic E-state index is 5.32. The molecule has 0 aliphatic carbocycles. The zero-order valence-corrected chi connectivity index (χ0v) is 11.5. The summed E-state index contributed by atoms with van der Waals surface area (Å²) in [4.78, 5) is 4.48. The zero-order valence-electron chi connectivity index (χ0n) is 9.90. The van der Waals surface area contributed by atoms with E-state index in [1.165, 1.54) is 5.56 Å². The molecule has 0 saturated carbocycles. The lowest BCUT2D eigenvalue weighted by Crippen LogP contribution is -2.08. The van der Waals surface area contributed by atoms with Gasteiger partial charge in [0.2, 0.25) is 5.89 Å². The second-order valence-electron chi connectivity index (χ2n) is 4.54. The first kappa shape index (κ1) is 11.9. The van der Waals surface area contributed by atoms with Crippen LogP contribution in [0.15, 0.2) is 33.3 Å². The van der Waals surface area contributed by atoms with E-state index in [2.05, 4.69) is 43.5 Å². The van der Waals surface area contributed by atoms with Gasteiger partial charge in [0, 0.05) is 16.9 Å². The summed E-state index contributed by atoms with van der Waals surface area (Å²) in [5, 5.41) is 7.39. The molecule has 1 atom stereocenters. The second-order valence-corrected chi connectivity index (χ2v) is 5.46. The molecule has 0 radical (unpaired) electrons. The van der Waals surface area contributed by atoms with Crippen molar-refractivity contribution < 1.29 is 4.52 Å². The largest absolute Gasteiger partial charge is 0.339 e. The van der Waals surface area contributed by atoms with Crippen LogP contribution in [-0.2, 0) is 6.42 Å². The molecule has 0 amide bonds. The molecular weight excluding hydrogens is 294 g/mol. The predicted octanol–water partition coefficient (Wildman–Crippen LogP) is 2.50. The summed E-state index contributed by atoms with van der Waals surface area (Å²) in [6.07, 6.45) is 1.78. The summed E-state index contributed by atoms with van der Waals surface area (Å²) in [5.74, 6) is 1.94. The van der Waals surface area contributed by atoms with E-state index in [0.717, 1.165) is 29.8 Å². The Morgan fingerprint density at radius 2 is 2.39 bits per heavy atom. The Labute approximate surface area is 114 Å². The van der Waals surface area contributed by atoms with Crippen molar-refractivity contribution in [1.82, 2.24) is 15.5 Å². The fraction of sp³-hybridized carbons (Fsp3) is 0.385. The average Bonchev–Trinajstić information content (AvgIpc) is 2.98. The van der Waals surface area contributed by atoms with Gasteiger partial charge in [-0.15, -0.1) is 0 Å². The molecule has 2 heterocycles. The van der Waals surface area contributed by atoms with Gasteiger partial charge in [-0.05, 0) is 30.7 Å². The lowest BCUT2D eigenvalue weighted by Gasteiger charge is -1.99. The molecule has 0 spiro atoms. The Morgan fingerprint density at radius 3 is 3.17 bits per heavy atom. The highest BCUT2D eigenvalue weighted by molar-refractivity contribution is 9.10. The number of benzene rings is 1. The van der Waals surface area contributed by atoms with Crippen molar-refractivity contribution in [3.63, 3.8) is 0 Å². The molecule has 1 fully saturated rings. The van der Waals surface area contributed by atoms with Crippen molar-refractivity contribution in [3.8, 4) is 0 Å². The molecule has 18 heavy (non-hydrogen) atoms. The Balaban J connectivity index is 1.73. The van der Waals surface area contributed by atoms with Crippen LogP contribution in [0.1, 0.15) is 29.6 Å². The van der Waals surface area contributed by atoms with Crippen LogP contribution >= 0.6 is 15.9 Å². The van der Waals surface area contributed by atoms with Gasteiger partial charge in [-0.3, -0.25) is 0 Å². The highest BCUT2D eigenvalue weighted by Gasteiger charge is 2.21. The van der Waals surface area contributed by atoms with E-state index >= 15 is 0 Å². The molecule has 94 valence electrons. The molecule has 0 bridgehead atoms. The van der Waals surface area contributed by atoms with Crippen LogP contribution in [0.2, 0.25) is 0 Å². The van der Waals surface area contributed by atoms with Gasteiger partial charge in [0.15, 0.2) is 5.82 Å². The summed E-state index contributed by atoms with van der Waals surface area (Å²) in [5.41, 5.74) is 1.17. The Kier molecular flexibility index (Phi) is 3.43. The molecule has 1 N–H and O–H groups in total. The van der Waals surface area contributed by atoms with Crippen LogP contribution in [0.25, 0.3) is 0 Å². The molecule has 1 unspecified atom stereocenters. The first-order chi connectivity index (χ1) is 8.81. The zero-order chi connectivity index (χ0) is 12.4. The molecule has 1 aromatic heterocycles. The van der Waals surface area contributed by atoms with Gasteiger partial charge in [0.05, 0.1) is 6.42 Å². The molecular formula is C13H14BrN3O. The van der Waals surface area contributed by atoms with Gasteiger partial charge in [-0.25, -0.2) is 0 Å². The van der Waals surface area contributed by atoms with E-state index in [1.807, 2.05) is 12.1 Å². The summed E-state index contributed by atoms with van der Waals surface area (Å²) in [6, 6.07) is 8.15. The van der Waals surface area contributed by atoms with Crippen molar-refractivity contribution >= 4 is 15.9 Å². The predicted molar refractivity (Wildman–Crippen MR) is 71.5 cm³/mol. The number of aromatic nitrogens is 2. The highest BCUT2D eigenvalue weighted by atomic mass is 79.9. The fourth-order valence-corrected chi connectivity index (χ4v) is 2.65. The molecule has 1 aromatic carbocycles. The molecule has 1 saturated heterocycles. The lowest BCUT2D eigenvalue weighted by molar-refractivity contribution is 0.376. The van der Waals surface area contributed by atoms with Crippen molar-refractivity contribution in [2.45, 2.75) is 18.8 Å².